The average Bonchev–Trinajstić information content (AvgIpc) is 3.47. The van der Waals surface area contributed by atoms with Gasteiger partial charge in [-0.3, -0.25) is 0 Å². The van der Waals surface area contributed by atoms with Crippen molar-refractivity contribution < 1.29 is 4.52 Å². The van der Waals surface area contributed by atoms with E-state index in [1.807, 2.05) is 6.07 Å². The minimum Gasteiger partial charge on any atom is -0.356 e. The van der Waals surface area contributed by atoms with Crippen molar-refractivity contribution in [2.24, 2.45) is 0 Å². The van der Waals surface area contributed by atoms with Gasteiger partial charge in [0.2, 0.25) is 0 Å². The van der Waals surface area contributed by atoms with E-state index in [-0.39, 0.29) is 0 Å². The summed E-state index contributed by atoms with van der Waals surface area (Å²) in [6.07, 6.45) is 5.96. The molecule has 0 aliphatic heterocycles. The summed E-state index contributed by atoms with van der Waals surface area (Å²) < 4.78 is 7.71. The predicted molar refractivity (Wildman–Crippen MR) is 105 cm³/mol. The molecule has 1 aliphatic carbocycles. The summed E-state index contributed by atoms with van der Waals surface area (Å²) >= 11 is 0. The lowest BCUT2D eigenvalue weighted by molar-refractivity contribution is 0.435. The maximum Gasteiger partial charge on any atom is 0.167 e. The molecule has 5 nitrogen and oxygen atoms in total. The first kappa shape index (κ1) is 16.2. The van der Waals surface area contributed by atoms with Gasteiger partial charge in [-0.1, -0.05) is 54.4 Å². The van der Waals surface area contributed by atoms with Crippen LogP contribution in [-0.2, 0) is 6.42 Å². The van der Waals surface area contributed by atoms with E-state index in [4.69, 9.17) is 4.52 Å². The SMILES string of the molecule is CCc1cccc(-c2cc(-c3ccc4c(c3)nnn4C3CCCC3)no2)c1. The third kappa shape index (κ3) is 2.93. The topological polar surface area (TPSA) is 56.7 Å². The van der Waals surface area contributed by atoms with Crippen LogP contribution in [0, 0.1) is 0 Å². The minimum absolute atomic E-state index is 0.491. The first-order valence-electron chi connectivity index (χ1n) is 9.73. The minimum atomic E-state index is 0.491. The Morgan fingerprint density at radius 2 is 1.93 bits per heavy atom. The lowest BCUT2D eigenvalue weighted by Gasteiger charge is -2.09. The summed E-state index contributed by atoms with van der Waals surface area (Å²) in [5.74, 6) is 0.787. The van der Waals surface area contributed by atoms with E-state index in [9.17, 15) is 0 Å². The van der Waals surface area contributed by atoms with Gasteiger partial charge in [0.1, 0.15) is 11.2 Å². The second kappa shape index (κ2) is 6.65. The average molecular weight is 358 g/mol. The molecular weight excluding hydrogens is 336 g/mol. The van der Waals surface area contributed by atoms with Crippen LogP contribution in [0.5, 0.6) is 0 Å². The Labute approximate surface area is 158 Å². The molecule has 2 heterocycles. The highest BCUT2D eigenvalue weighted by Gasteiger charge is 2.20. The molecule has 2 aromatic carbocycles. The van der Waals surface area contributed by atoms with Crippen LogP contribution in [0.2, 0.25) is 0 Å². The van der Waals surface area contributed by atoms with Gasteiger partial charge in [-0.15, -0.1) is 5.10 Å². The van der Waals surface area contributed by atoms with E-state index in [1.165, 1.54) is 31.2 Å². The molecule has 0 atom stereocenters. The van der Waals surface area contributed by atoms with E-state index in [2.05, 4.69) is 69.5 Å². The maximum absolute atomic E-state index is 5.61. The first-order chi connectivity index (χ1) is 13.3. The van der Waals surface area contributed by atoms with E-state index < -0.39 is 0 Å². The first-order valence-corrected chi connectivity index (χ1v) is 9.73. The molecule has 5 heteroatoms. The number of hydrogen-bond acceptors (Lipinski definition) is 4. The summed E-state index contributed by atoms with van der Waals surface area (Å²) in [5.41, 5.74) is 6.19. The number of benzene rings is 2. The quantitative estimate of drug-likeness (QED) is 0.488. The second-order valence-corrected chi connectivity index (χ2v) is 7.31. The van der Waals surface area contributed by atoms with Crippen molar-refractivity contribution >= 4 is 11.0 Å². The Kier molecular flexibility index (Phi) is 4.00. The zero-order chi connectivity index (χ0) is 18.2. The third-order valence-corrected chi connectivity index (χ3v) is 5.57. The Morgan fingerprint density at radius 1 is 1.04 bits per heavy atom. The van der Waals surface area contributed by atoms with Crippen LogP contribution >= 0.6 is 0 Å². The lowest BCUT2D eigenvalue weighted by atomic mass is 10.1. The molecule has 136 valence electrons. The fraction of sp³-hybridized carbons (Fsp3) is 0.318. The number of hydrogen-bond donors (Lipinski definition) is 0. The van der Waals surface area contributed by atoms with Crippen LogP contribution in [0.1, 0.15) is 44.2 Å². The summed E-state index contributed by atoms with van der Waals surface area (Å²) in [4.78, 5) is 0. The smallest absolute Gasteiger partial charge is 0.167 e. The van der Waals surface area contributed by atoms with Crippen LogP contribution in [0.25, 0.3) is 33.6 Å². The van der Waals surface area contributed by atoms with E-state index >= 15 is 0 Å². The maximum atomic E-state index is 5.61. The van der Waals surface area contributed by atoms with Crippen molar-refractivity contribution in [3.63, 3.8) is 0 Å². The molecule has 4 aromatic rings. The molecule has 1 fully saturated rings. The highest BCUT2D eigenvalue weighted by molar-refractivity contribution is 5.81. The molecule has 0 spiro atoms. The van der Waals surface area contributed by atoms with Crippen LogP contribution < -0.4 is 0 Å². The number of aryl methyl sites for hydroxylation is 1. The molecule has 5 rings (SSSR count). The van der Waals surface area contributed by atoms with Gasteiger partial charge in [0.25, 0.3) is 0 Å². The number of fused-ring (bicyclic) bond motifs is 1. The highest BCUT2D eigenvalue weighted by Crippen LogP contribution is 2.33. The zero-order valence-corrected chi connectivity index (χ0v) is 15.4. The highest BCUT2D eigenvalue weighted by atomic mass is 16.5. The molecule has 27 heavy (non-hydrogen) atoms. The fourth-order valence-electron chi connectivity index (χ4n) is 4.01. The Bertz CT molecular complexity index is 1090. The number of aromatic nitrogens is 4. The normalized spacial score (nSPS) is 15.0. The fourth-order valence-corrected chi connectivity index (χ4v) is 4.01. The van der Waals surface area contributed by atoms with E-state index in [1.54, 1.807) is 0 Å². The molecule has 0 unspecified atom stereocenters. The molecule has 0 saturated heterocycles. The Hall–Kier alpha value is -2.95. The monoisotopic (exact) mass is 358 g/mol. The third-order valence-electron chi connectivity index (χ3n) is 5.57. The van der Waals surface area contributed by atoms with Crippen molar-refractivity contribution in [1.82, 2.24) is 20.2 Å². The molecule has 0 bridgehead atoms. The van der Waals surface area contributed by atoms with Gasteiger partial charge in [-0.25, -0.2) is 4.68 Å². The summed E-state index contributed by atoms with van der Waals surface area (Å²) in [6.45, 7) is 2.15. The van der Waals surface area contributed by atoms with Gasteiger partial charge in [-0.05, 0) is 43.0 Å². The standard InChI is InChI=1S/C22H22N4O/c1-2-15-6-5-7-17(12-15)22-14-19(24-27-22)16-10-11-21-20(13-16)23-25-26(21)18-8-3-4-9-18/h5-7,10-14,18H,2-4,8-9H2,1H3. The second-order valence-electron chi connectivity index (χ2n) is 7.31. The largest absolute Gasteiger partial charge is 0.356 e. The van der Waals surface area contributed by atoms with Crippen molar-refractivity contribution in [3.8, 4) is 22.6 Å². The molecule has 0 N–H and O–H groups in total. The summed E-state index contributed by atoms with van der Waals surface area (Å²) in [7, 11) is 0. The van der Waals surface area contributed by atoms with Gasteiger partial charge in [0.05, 0.1) is 11.6 Å². The Morgan fingerprint density at radius 3 is 2.78 bits per heavy atom. The van der Waals surface area contributed by atoms with Crippen molar-refractivity contribution in [3.05, 3.63) is 54.1 Å². The molecular formula is C22H22N4O. The van der Waals surface area contributed by atoms with Gasteiger partial charge in [0.15, 0.2) is 5.76 Å². The van der Waals surface area contributed by atoms with Gasteiger partial charge < -0.3 is 4.52 Å². The molecule has 0 radical (unpaired) electrons. The van der Waals surface area contributed by atoms with Gasteiger partial charge in [-0.2, -0.15) is 0 Å². The zero-order valence-electron chi connectivity index (χ0n) is 15.4. The van der Waals surface area contributed by atoms with Crippen LogP contribution in [-0.4, -0.2) is 20.2 Å². The lowest BCUT2D eigenvalue weighted by Crippen LogP contribution is -2.06. The van der Waals surface area contributed by atoms with Crippen LogP contribution in [0.15, 0.2) is 53.1 Å². The summed E-state index contributed by atoms with van der Waals surface area (Å²) in [5, 5.41) is 13.1. The Balaban J connectivity index is 1.48. The molecule has 1 aliphatic rings. The molecule has 1 saturated carbocycles. The van der Waals surface area contributed by atoms with Gasteiger partial charge >= 0.3 is 0 Å². The molecule has 0 amide bonds. The van der Waals surface area contributed by atoms with Crippen molar-refractivity contribution in [2.75, 3.05) is 0 Å². The van der Waals surface area contributed by atoms with Crippen LogP contribution in [0.4, 0.5) is 0 Å². The van der Waals surface area contributed by atoms with E-state index in [0.717, 1.165) is 40.0 Å². The van der Waals surface area contributed by atoms with Gasteiger partial charge in [0, 0.05) is 17.2 Å². The van der Waals surface area contributed by atoms with Crippen LogP contribution in [0.3, 0.4) is 0 Å². The predicted octanol–water partition coefficient (Wildman–Crippen LogP) is 5.43. The number of rotatable bonds is 4. The number of nitrogens with zero attached hydrogens (tertiary/aromatic N) is 4. The summed E-state index contributed by atoms with van der Waals surface area (Å²) in [6, 6.07) is 17.1. The molecule has 2 aromatic heterocycles. The van der Waals surface area contributed by atoms with E-state index in [0.29, 0.717) is 6.04 Å². The van der Waals surface area contributed by atoms with Crippen molar-refractivity contribution in [1.29, 1.82) is 0 Å². The van der Waals surface area contributed by atoms with Crippen molar-refractivity contribution in [2.45, 2.75) is 45.1 Å².